The summed E-state index contributed by atoms with van der Waals surface area (Å²) in [6, 6.07) is 0.553. The SMILES string of the molecule is Nc1ncn(C2CC2)c1CSc1nc2c(c(=O)[nH]1)CCC2. The number of hydrogen-bond donors (Lipinski definition) is 2. The number of imidazole rings is 1. The van der Waals surface area contributed by atoms with E-state index in [1.54, 1.807) is 0 Å². The number of aryl methyl sites for hydroxylation is 1. The van der Waals surface area contributed by atoms with Gasteiger partial charge in [0.25, 0.3) is 5.56 Å². The van der Waals surface area contributed by atoms with Gasteiger partial charge in [-0.1, -0.05) is 11.8 Å². The third kappa shape index (κ3) is 2.35. The maximum Gasteiger partial charge on any atom is 0.254 e. The van der Waals surface area contributed by atoms with Crippen molar-refractivity contribution in [2.75, 3.05) is 5.73 Å². The van der Waals surface area contributed by atoms with Crippen LogP contribution in [0.2, 0.25) is 0 Å². The van der Waals surface area contributed by atoms with Crippen LogP contribution in [0.15, 0.2) is 16.3 Å². The van der Waals surface area contributed by atoms with E-state index < -0.39 is 0 Å². The molecule has 0 aliphatic heterocycles. The van der Waals surface area contributed by atoms with Gasteiger partial charge in [0.15, 0.2) is 5.16 Å². The Balaban J connectivity index is 1.56. The van der Waals surface area contributed by atoms with E-state index in [9.17, 15) is 4.79 Å². The molecule has 2 heterocycles. The van der Waals surface area contributed by atoms with Gasteiger partial charge in [-0.3, -0.25) is 4.79 Å². The molecule has 2 aliphatic carbocycles. The Labute approximate surface area is 126 Å². The molecule has 0 amide bonds. The van der Waals surface area contributed by atoms with E-state index in [1.807, 2.05) is 6.33 Å². The van der Waals surface area contributed by atoms with Crippen LogP contribution < -0.4 is 11.3 Å². The van der Waals surface area contributed by atoms with Gasteiger partial charge in [0, 0.05) is 17.4 Å². The van der Waals surface area contributed by atoms with Crippen LogP contribution in [-0.4, -0.2) is 19.5 Å². The fraction of sp³-hybridized carbons (Fsp3) is 0.500. The van der Waals surface area contributed by atoms with Gasteiger partial charge in [0.05, 0.1) is 17.7 Å². The molecule has 1 saturated carbocycles. The van der Waals surface area contributed by atoms with Crippen molar-refractivity contribution < 1.29 is 0 Å². The average Bonchev–Trinajstić information content (AvgIpc) is 3.07. The Bertz CT molecular complexity index is 746. The van der Waals surface area contributed by atoms with E-state index in [0.29, 0.717) is 22.8 Å². The van der Waals surface area contributed by atoms with Gasteiger partial charge in [-0.15, -0.1) is 0 Å². The molecule has 110 valence electrons. The molecular weight excluding hydrogens is 286 g/mol. The molecule has 4 rings (SSSR count). The number of fused-ring (bicyclic) bond motifs is 1. The molecule has 2 aromatic heterocycles. The van der Waals surface area contributed by atoms with Gasteiger partial charge in [0.2, 0.25) is 0 Å². The van der Waals surface area contributed by atoms with Crippen molar-refractivity contribution in [2.24, 2.45) is 0 Å². The minimum atomic E-state index is 0.0173. The topological polar surface area (TPSA) is 89.6 Å². The normalized spacial score (nSPS) is 17.1. The first-order valence-corrected chi connectivity index (χ1v) is 8.27. The number of nitrogen functional groups attached to an aromatic ring is 1. The number of nitrogens with zero attached hydrogens (tertiary/aromatic N) is 3. The summed E-state index contributed by atoms with van der Waals surface area (Å²) in [5, 5.41) is 0.684. The van der Waals surface area contributed by atoms with Crippen molar-refractivity contribution in [1.82, 2.24) is 19.5 Å². The molecule has 0 spiro atoms. The summed E-state index contributed by atoms with van der Waals surface area (Å²) in [7, 11) is 0. The third-order valence-corrected chi connectivity index (χ3v) is 5.02. The van der Waals surface area contributed by atoms with Crippen LogP contribution >= 0.6 is 11.8 Å². The van der Waals surface area contributed by atoms with E-state index in [1.165, 1.54) is 24.6 Å². The summed E-state index contributed by atoms with van der Waals surface area (Å²) in [6.45, 7) is 0. The average molecular weight is 303 g/mol. The Hall–Kier alpha value is -1.76. The molecule has 21 heavy (non-hydrogen) atoms. The van der Waals surface area contributed by atoms with Crippen LogP contribution in [0.4, 0.5) is 5.82 Å². The Morgan fingerprint density at radius 1 is 1.43 bits per heavy atom. The molecule has 0 atom stereocenters. The van der Waals surface area contributed by atoms with E-state index >= 15 is 0 Å². The zero-order chi connectivity index (χ0) is 14.4. The van der Waals surface area contributed by atoms with Gasteiger partial charge in [-0.2, -0.15) is 0 Å². The largest absolute Gasteiger partial charge is 0.382 e. The molecule has 0 radical (unpaired) electrons. The zero-order valence-corrected chi connectivity index (χ0v) is 12.4. The molecule has 6 nitrogen and oxygen atoms in total. The Morgan fingerprint density at radius 2 is 2.29 bits per heavy atom. The van der Waals surface area contributed by atoms with Crippen LogP contribution in [-0.2, 0) is 18.6 Å². The lowest BCUT2D eigenvalue weighted by Gasteiger charge is -2.07. The number of nitrogens with one attached hydrogen (secondary N) is 1. The second-order valence-corrected chi connectivity index (χ2v) is 6.62. The fourth-order valence-electron chi connectivity index (χ4n) is 2.84. The predicted octanol–water partition coefficient (Wildman–Crippen LogP) is 1.66. The molecule has 1 fully saturated rings. The quantitative estimate of drug-likeness (QED) is 0.662. The molecule has 3 N–H and O–H groups in total. The second kappa shape index (κ2) is 4.91. The van der Waals surface area contributed by atoms with Crippen molar-refractivity contribution in [3.05, 3.63) is 33.6 Å². The molecule has 2 aliphatic rings. The van der Waals surface area contributed by atoms with Crippen molar-refractivity contribution in [3.8, 4) is 0 Å². The predicted molar refractivity (Wildman–Crippen MR) is 81.4 cm³/mol. The monoisotopic (exact) mass is 303 g/mol. The summed E-state index contributed by atoms with van der Waals surface area (Å²) in [4.78, 5) is 23.6. The highest BCUT2D eigenvalue weighted by Crippen LogP contribution is 2.38. The molecule has 7 heteroatoms. The molecule has 0 saturated heterocycles. The van der Waals surface area contributed by atoms with Gasteiger partial charge in [-0.25, -0.2) is 9.97 Å². The Morgan fingerprint density at radius 3 is 3.10 bits per heavy atom. The van der Waals surface area contributed by atoms with Crippen LogP contribution in [0.5, 0.6) is 0 Å². The first kappa shape index (κ1) is 12.9. The number of H-pyrrole nitrogens is 1. The highest BCUT2D eigenvalue weighted by atomic mass is 32.2. The van der Waals surface area contributed by atoms with Crippen LogP contribution in [0.1, 0.15) is 42.3 Å². The maximum absolute atomic E-state index is 12.0. The Kier molecular flexibility index (Phi) is 3.02. The fourth-order valence-corrected chi connectivity index (χ4v) is 3.75. The first-order chi connectivity index (χ1) is 10.2. The van der Waals surface area contributed by atoms with Gasteiger partial charge < -0.3 is 15.3 Å². The smallest absolute Gasteiger partial charge is 0.254 e. The van der Waals surface area contributed by atoms with Crippen LogP contribution in [0.3, 0.4) is 0 Å². The number of anilines is 1. The van der Waals surface area contributed by atoms with E-state index in [0.717, 1.165) is 36.2 Å². The molecule has 0 unspecified atom stereocenters. The standard InChI is InChI=1S/C14H17N5OS/c15-12-11(19(7-16-12)8-4-5-8)6-21-14-17-10-3-1-2-9(10)13(20)18-14/h7-8H,1-6,15H2,(H,17,18,20). The second-order valence-electron chi connectivity index (χ2n) is 5.65. The number of aromatic nitrogens is 4. The number of nitrogens with two attached hydrogens (primary N) is 1. The maximum atomic E-state index is 12.0. The van der Waals surface area contributed by atoms with E-state index in [4.69, 9.17) is 5.73 Å². The highest BCUT2D eigenvalue weighted by Gasteiger charge is 2.27. The van der Waals surface area contributed by atoms with E-state index in [-0.39, 0.29) is 5.56 Å². The zero-order valence-electron chi connectivity index (χ0n) is 11.6. The third-order valence-electron chi connectivity index (χ3n) is 4.13. The molecule has 2 aromatic rings. The minimum Gasteiger partial charge on any atom is -0.382 e. The van der Waals surface area contributed by atoms with Gasteiger partial charge >= 0.3 is 0 Å². The number of rotatable bonds is 4. The summed E-state index contributed by atoms with van der Waals surface area (Å²) in [5.74, 6) is 1.27. The van der Waals surface area contributed by atoms with Gasteiger partial charge in [0.1, 0.15) is 5.82 Å². The van der Waals surface area contributed by atoms with E-state index in [2.05, 4.69) is 19.5 Å². The number of aromatic amines is 1. The lowest BCUT2D eigenvalue weighted by atomic mass is 10.3. The lowest BCUT2D eigenvalue weighted by molar-refractivity contribution is 0.714. The summed E-state index contributed by atoms with van der Waals surface area (Å²) in [5.41, 5.74) is 8.83. The summed E-state index contributed by atoms with van der Waals surface area (Å²) >= 11 is 1.52. The van der Waals surface area contributed by atoms with Crippen molar-refractivity contribution in [1.29, 1.82) is 0 Å². The lowest BCUT2D eigenvalue weighted by Crippen LogP contribution is -2.15. The van der Waals surface area contributed by atoms with Crippen molar-refractivity contribution in [3.63, 3.8) is 0 Å². The van der Waals surface area contributed by atoms with Gasteiger partial charge in [-0.05, 0) is 32.1 Å². The summed E-state index contributed by atoms with van der Waals surface area (Å²) < 4.78 is 2.16. The molecule has 0 bridgehead atoms. The number of thioether (sulfide) groups is 1. The number of hydrogen-bond acceptors (Lipinski definition) is 5. The first-order valence-electron chi connectivity index (χ1n) is 7.28. The van der Waals surface area contributed by atoms with Crippen LogP contribution in [0.25, 0.3) is 0 Å². The molecule has 0 aromatic carbocycles. The molecular formula is C14H17N5OS. The van der Waals surface area contributed by atoms with Crippen LogP contribution in [0, 0.1) is 0 Å². The summed E-state index contributed by atoms with van der Waals surface area (Å²) in [6.07, 6.45) is 7.00. The van der Waals surface area contributed by atoms with Crippen molar-refractivity contribution >= 4 is 17.6 Å². The van der Waals surface area contributed by atoms with Crippen molar-refractivity contribution in [2.45, 2.75) is 49.1 Å². The highest BCUT2D eigenvalue weighted by molar-refractivity contribution is 7.98. The minimum absolute atomic E-state index is 0.0173.